The summed E-state index contributed by atoms with van der Waals surface area (Å²) >= 11 is 0. The van der Waals surface area contributed by atoms with Crippen LogP contribution in [-0.4, -0.2) is 91.1 Å². The Hall–Kier alpha value is -3.84. The number of ether oxygens (including phenoxy) is 3. The average Bonchev–Trinajstić information content (AvgIpc) is 3.05. The molecule has 0 aromatic heterocycles. The number of nitrogens with one attached hydrogen (secondary N) is 2. The van der Waals surface area contributed by atoms with Crippen LogP contribution in [0, 0.1) is 0 Å². The zero-order chi connectivity index (χ0) is 24.7. The van der Waals surface area contributed by atoms with Crippen LogP contribution < -0.4 is 15.4 Å². The monoisotopic (exact) mass is 477 g/mol. The van der Waals surface area contributed by atoms with Gasteiger partial charge in [0.1, 0.15) is 18.4 Å². The molecule has 2 aliphatic rings. The highest BCUT2D eigenvalue weighted by Gasteiger charge is 2.46. The predicted octanol–water partition coefficient (Wildman–Crippen LogP) is -1.30. The van der Waals surface area contributed by atoms with Crippen LogP contribution in [0.4, 0.5) is 0 Å². The maximum atomic E-state index is 13.0. The van der Waals surface area contributed by atoms with E-state index in [-0.39, 0.29) is 56.1 Å². The molecule has 0 aliphatic carbocycles. The molecule has 1 atom stereocenters. The molecule has 0 bridgehead atoms. The SMILES string of the molecule is O=C(O)COCCOCCNC(=O)COc1cccc2c1C(=O)N([C@@H]1CCC(=O)NC1=O)C2=O. The van der Waals surface area contributed by atoms with E-state index >= 15 is 0 Å². The number of fused-ring (bicyclic) bond motifs is 1. The number of piperidine rings is 1. The van der Waals surface area contributed by atoms with Gasteiger partial charge in [0.25, 0.3) is 17.7 Å². The number of amides is 5. The second-order valence-corrected chi connectivity index (χ2v) is 7.32. The van der Waals surface area contributed by atoms with E-state index < -0.39 is 54.8 Å². The van der Waals surface area contributed by atoms with Gasteiger partial charge in [-0.25, -0.2) is 4.79 Å². The molecule has 13 nitrogen and oxygen atoms in total. The maximum absolute atomic E-state index is 13.0. The lowest BCUT2D eigenvalue weighted by Crippen LogP contribution is -2.54. The minimum Gasteiger partial charge on any atom is -0.483 e. The Morgan fingerprint density at radius 2 is 1.82 bits per heavy atom. The first kappa shape index (κ1) is 24.8. The molecule has 3 rings (SSSR count). The molecule has 0 unspecified atom stereocenters. The van der Waals surface area contributed by atoms with Gasteiger partial charge in [0.05, 0.1) is 30.9 Å². The van der Waals surface area contributed by atoms with E-state index in [2.05, 4.69) is 10.6 Å². The summed E-state index contributed by atoms with van der Waals surface area (Å²) < 4.78 is 15.4. The van der Waals surface area contributed by atoms with E-state index in [1.807, 2.05) is 0 Å². The topological polar surface area (TPSA) is 178 Å². The highest BCUT2D eigenvalue weighted by molar-refractivity contribution is 6.24. The summed E-state index contributed by atoms with van der Waals surface area (Å²) in [6.07, 6.45) is 0.0366. The Kier molecular flexibility index (Phi) is 8.27. The molecular formula is C21H23N3O10. The Morgan fingerprint density at radius 1 is 1.06 bits per heavy atom. The molecule has 13 heteroatoms. The number of benzene rings is 1. The number of carboxylic acid groups (broad SMARTS) is 1. The fraction of sp³-hybridized carbons (Fsp3) is 0.429. The standard InChI is InChI=1S/C21H23N3O10/c25-15-5-4-13(19(29)23-15)24-20(30)12-2-1-3-14(18(12)21(24)31)34-10-16(26)22-6-7-32-8-9-33-11-17(27)28/h1-3,13H,4-11H2,(H,22,26)(H,27,28)(H,23,25,29)/t13-/m1/s1. The van der Waals surface area contributed by atoms with E-state index in [0.29, 0.717) is 0 Å². The van der Waals surface area contributed by atoms with Gasteiger partial charge in [0.2, 0.25) is 11.8 Å². The first-order chi connectivity index (χ1) is 16.3. The van der Waals surface area contributed by atoms with Crippen LogP contribution in [-0.2, 0) is 28.7 Å². The number of imide groups is 2. The van der Waals surface area contributed by atoms with Crippen molar-refractivity contribution in [1.29, 1.82) is 0 Å². The summed E-state index contributed by atoms with van der Waals surface area (Å²) in [5, 5.41) is 13.1. The number of rotatable bonds is 12. The Morgan fingerprint density at radius 3 is 2.56 bits per heavy atom. The molecule has 2 aliphatic heterocycles. The average molecular weight is 477 g/mol. The van der Waals surface area contributed by atoms with E-state index in [1.54, 1.807) is 0 Å². The van der Waals surface area contributed by atoms with Crippen molar-refractivity contribution in [3.8, 4) is 5.75 Å². The highest BCUT2D eigenvalue weighted by atomic mass is 16.5. The Bertz CT molecular complexity index is 1010. The van der Waals surface area contributed by atoms with Gasteiger partial charge >= 0.3 is 5.97 Å². The number of carbonyl (C=O) groups excluding carboxylic acids is 5. The van der Waals surface area contributed by atoms with Crippen molar-refractivity contribution >= 4 is 35.5 Å². The third kappa shape index (κ3) is 5.94. The largest absolute Gasteiger partial charge is 0.483 e. The lowest BCUT2D eigenvalue weighted by Gasteiger charge is -2.27. The summed E-state index contributed by atoms with van der Waals surface area (Å²) in [6, 6.07) is 3.25. The van der Waals surface area contributed by atoms with Gasteiger partial charge in [-0.1, -0.05) is 6.07 Å². The van der Waals surface area contributed by atoms with E-state index in [4.69, 9.17) is 19.3 Å². The Balaban J connectivity index is 1.49. The Labute approximate surface area is 193 Å². The summed E-state index contributed by atoms with van der Waals surface area (Å²) in [7, 11) is 0. The lowest BCUT2D eigenvalue weighted by atomic mass is 10.0. The fourth-order valence-corrected chi connectivity index (χ4v) is 3.44. The van der Waals surface area contributed by atoms with Crippen molar-refractivity contribution in [1.82, 2.24) is 15.5 Å². The molecule has 1 saturated heterocycles. The summed E-state index contributed by atoms with van der Waals surface area (Å²) in [6.45, 7) is -0.260. The third-order valence-electron chi connectivity index (χ3n) is 4.95. The van der Waals surface area contributed by atoms with E-state index in [0.717, 1.165) is 4.90 Å². The van der Waals surface area contributed by atoms with Crippen LogP contribution in [0.1, 0.15) is 33.6 Å². The maximum Gasteiger partial charge on any atom is 0.329 e. The van der Waals surface area contributed by atoms with Crippen molar-refractivity contribution in [3.63, 3.8) is 0 Å². The minimum absolute atomic E-state index is 0.00636. The van der Waals surface area contributed by atoms with Gasteiger partial charge < -0.3 is 24.6 Å². The van der Waals surface area contributed by atoms with Crippen molar-refractivity contribution in [2.75, 3.05) is 39.6 Å². The van der Waals surface area contributed by atoms with Gasteiger partial charge in [0.15, 0.2) is 6.61 Å². The van der Waals surface area contributed by atoms with E-state index in [1.165, 1.54) is 18.2 Å². The van der Waals surface area contributed by atoms with Crippen LogP contribution in [0.2, 0.25) is 0 Å². The first-order valence-electron chi connectivity index (χ1n) is 10.4. The number of hydrogen-bond acceptors (Lipinski definition) is 9. The molecule has 1 aromatic rings. The van der Waals surface area contributed by atoms with Gasteiger partial charge in [-0.05, 0) is 18.6 Å². The van der Waals surface area contributed by atoms with Gasteiger partial charge in [-0.3, -0.25) is 34.2 Å². The predicted molar refractivity (Wildman–Crippen MR) is 111 cm³/mol. The van der Waals surface area contributed by atoms with Crippen LogP contribution in [0.3, 0.4) is 0 Å². The molecule has 5 amide bonds. The van der Waals surface area contributed by atoms with Crippen molar-refractivity contribution < 1.29 is 48.1 Å². The second-order valence-electron chi connectivity index (χ2n) is 7.32. The second kappa shape index (κ2) is 11.3. The van der Waals surface area contributed by atoms with Crippen LogP contribution in [0.15, 0.2) is 18.2 Å². The molecule has 0 spiro atoms. The van der Waals surface area contributed by atoms with Crippen LogP contribution in [0.5, 0.6) is 5.75 Å². The lowest BCUT2D eigenvalue weighted by molar-refractivity contribution is -0.143. The first-order valence-corrected chi connectivity index (χ1v) is 10.4. The number of aliphatic carboxylic acids is 1. The molecule has 0 radical (unpaired) electrons. The molecule has 34 heavy (non-hydrogen) atoms. The quantitative estimate of drug-likeness (QED) is 0.242. The minimum atomic E-state index is -1.10. The summed E-state index contributed by atoms with van der Waals surface area (Å²) in [4.78, 5) is 72.4. The van der Waals surface area contributed by atoms with Gasteiger partial charge in [-0.15, -0.1) is 0 Å². The smallest absolute Gasteiger partial charge is 0.329 e. The summed E-state index contributed by atoms with van der Waals surface area (Å²) in [5.41, 5.74) is 0.000759. The molecule has 1 aromatic carbocycles. The van der Waals surface area contributed by atoms with Gasteiger partial charge in [-0.2, -0.15) is 0 Å². The van der Waals surface area contributed by atoms with Crippen molar-refractivity contribution in [2.45, 2.75) is 18.9 Å². The number of carbonyl (C=O) groups is 6. The van der Waals surface area contributed by atoms with Crippen molar-refractivity contribution in [2.24, 2.45) is 0 Å². The number of hydrogen-bond donors (Lipinski definition) is 3. The molecule has 2 heterocycles. The molecule has 3 N–H and O–H groups in total. The number of carboxylic acids is 1. The normalized spacial score (nSPS) is 17.4. The van der Waals surface area contributed by atoms with E-state index in [9.17, 15) is 28.8 Å². The molecule has 1 fully saturated rings. The third-order valence-corrected chi connectivity index (χ3v) is 4.95. The number of nitrogens with zero attached hydrogens (tertiary/aromatic N) is 1. The van der Waals surface area contributed by atoms with Crippen LogP contribution >= 0.6 is 0 Å². The molecule has 182 valence electrons. The fourth-order valence-electron chi connectivity index (χ4n) is 3.44. The molecule has 0 saturated carbocycles. The van der Waals surface area contributed by atoms with Crippen LogP contribution in [0.25, 0.3) is 0 Å². The zero-order valence-electron chi connectivity index (χ0n) is 18.0. The summed E-state index contributed by atoms with van der Waals surface area (Å²) in [5.74, 6) is -4.15. The molecular weight excluding hydrogens is 454 g/mol. The zero-order valence-corrected chi connectivity index (χ0v) is 18.0. The van der Waals surface area contributed by atoms with Crippen molar-refractivity contribution in [3.05, 3.63) is 29.3 Å². The van der Waals surface area contributed by atoms with Gasteiger partial charge in [0, 0.05) is 13.0 Å². The highest BCUT2D eigenvalue weighted by Crippen LogP contribution is 2.33.